The Balaban J connectivity index is 2.53. The van der Waals surface area contributed by atoms with Gasteiger partial charge in [-0.1, -0.05) is 0 Å². The number of hydrogen-bond acceptors (Lipinski definition) is 3. The molecule has 1 atom stereocenters. The highest BCUT2D eigenvalue weighted by atomic mass is 79.9. The van der Waals surface area contributed by atoms with Crippen molar-refractivity contribution in [2.45, 2.75) is 43.2 Å². The van der Waals surface area contributed by atoms with Gasteiger partial charge in [0.15, 0.2) is 0 Å². The lowest BCUT2D eigenvalue weighted by Crippen LogP contribution is -2.48. The van der Waals surface area contributed by atoms with Gasteiger partial charge in [0.1, 0.15) is 10.7 Å². The van der Waals surface area contributed by atoms with Crippen LogP contribution >= 0.6 is 31.9 Å². The van der Waals surface area contributed by atoms with E-state index in [2.05, 4.69) is 31.9 Å². The van der Waals surface area contributed by atoms with Crippen LogP contribution in [0, 0.1) is 5.82 Å². The summed E-state index contributed by atoms with van der Waals surface area (Å²) in [5.74, 6) is -0.534. The number of aliphatic hydroxyl groups is 1. The number of benzene rings is 1. The second kappa shape index (κ2) is 5.88. The topological polar surface area (TPSA) is 57.6 Å². The molecule has 0 amide bonds. The average molecular weight is 445 g/mol. The summed E-state index contributed by atoms with van der Waals surface area (Å²) in [6, 6.07) is 1.74. The summed E-state index contributed by atoms with van der Waals surface area (Å²) >= 11 is 6.23. The van der Waals surface area contributed by atoms with Crippen molar-refractivity contribution in [3.63, 3.8) is 0 Å². The fraction of sp³-hybridized carbons (Fsp3) is 0.538. The largest absolute Gasteiger partial charge is 0.389 e. The summed E-state index contributed by atoms with van der Waals surface area (Å²) in [4.78, 5) is -0.0138. The molecule has 1 aromatic rings. The molecular formula is C13H16Br2FNO3S. The zero-order chi connectivity index (χ0) is 16.0. The van der Waals surface area contributed by atoms with Gasteiger partial charge in [-0.3, -0.25) is 0 Å². The van der Waals surface area contributed by atoms with Gasteiger partial charge >= 0.3 is 0 Å². The van der Waals surface area contributed by atoms with E-state index in [0.717, 1.165) is 12.1 Å². The molecule has 21 heavy (non-hydrogen) atoms. The summed E-state index contributed by atoms with van der Waals surface area (Å²) in [5, 5.41) is 10.2. The van der Waals surface area contributed by atoms with Gasteiger partial charge in [-0.05, 0) is 70.7 Å². The molecule has 0 spiro atoms. The third-order valence-electron chi connectivity index (χ3n) is 3.55. The molecule has 2 rings (SSSR count). The van der Waals surface area contributed by atoms with E-state index in [0.29, 0.717) is 19.4 Å². The molecule has 4 nitrogen and oxygen atoms in total. The van der Waals surface area contributed by atoms with Crippen molar-refractivity contribution in [1.82, 2.24) is 4.31 Å². The first-order valence-electron chi connectivity index (χ1n) is 6.44. The van der Waals surface area contributed by atoms with Crippen LogP contribution in [0.4, 0.5) is 4.39 Å². The molecule has 0 unspecified atom stereocenters. The first kappa shape index (κ1) is 17.3. The van der Waals surface area contributed by atoms with E-state index in [-0.39, 0.29) is 13.8 Å². The van der Waals surface area contributed by atoms with Gasteiger partial charge in [-0.2, -0.15) is 4.31 Å². The zero-order valence-corrected chi connectivity index (χ0v) is 15.6. The molecule has 0 radical (unpaired) electrons. The second-order valence-corrected chi connectivity index (χ2v) is 9.16. The molecule has 1 heterocycles. The predicted molar refractivity (Wildman–Crippen MR) is 85.0 cm³/mol. The zero-order valence-electron chi connectivity index (χ0n) is 11.6. The Bertz CT molecular complexity index is 635. The Labute approximate surface area is 140 Å². The van der Waals surface area contributed by atoms with Gasteiger partial charge in [0.05, 0.1) is 11.6 Å². The van der Waals surface area contributed by atoms with Crippen molar-refractivity contribution >= 4 is 41.9 Å². The Morgan fingerprint density at radius 1 is 1.33 bits per heavy atom. The molecule has 1 N–H and O–H groups in total. The highest BCUT2D eigenvalue weighted by Crippen LogP contribution is 2.38. The molecule has 1 saturated heterocycles. The maximum absolute atomic E-state index is 13.3. The first-order chi connectivity index (χ1) is 9.55. The maximum atomic E-state index is 13.3. The van der Waals surface area contributed by atoms with Gasteiger partial charge in [0.25, 0.3) is 0 Å². The van der Waals surface area contributed by atoms with Crippen molar-refractivity contribution in [2.75, 3.05) is 6.54 Å². The van der Waals surface area contributed by atoms with Crippen LogP contribution in [0.25, 0.3) is 0 Å². The predicted octanol–water partition coefficient (Wildman–Crippen LogP) is 3.27. The van der Waals surface area contributed by atoms with E-state index in [4.69, 9.17) is 0 Å². The van der Waals surface area contributed by atoms with Crippen LogP contribution in [0.2, 0.25) is 0 Å². The van der Waals surface area contributed by atoms with Gasteiger partial charge in [0, 0.05) is 15.5 Å². The van der Waals surface area contributed by atoms with Gasteiger partial charge in [0.2, 0.25) is 10.0 Å². The van der Waals surface area contributed by atoms with Crippen LogP contribution in [0.15, 0.2) is 26.0 Å². The van der Waals surface area contributed by atoms with Crippen LogP contribution in [0.3, 0.4) is 0 Å². The average Bonchev–Trinajstić information content (AvgIpc) is 2.75. The fourth-order valence-corrected chi connectivity index (χ4v) is 6.90. The number of halogens is 3. The molecule has 1 aliphatic heterocycles. The van der Waals surface area contributed by atoms with Crippen LogP contribution in [-0.4, -0.2) is 36.0 Å². The van der Waals surface area contributed by atoms with Gasteiger partial charge in [-0.15, -0.1) is 0 Å². The number of sulfonamides is 1. The van der Waals surface area contributed by atoms with Crippen LogP contribution in [0.5, 0.6) is 0 Å². The van der Waals surface area contributed by atoms with Gasteiger partial charge < -0.3 is 5.11 Å². The van der Waals surface area contributed by atoms with E-state index in [1.165, 1.54) is 4.31 Å². The smallest absolute Gasteiger partial charge is 0.245 e. The molecule has 0 aliphatic carbocycles. The summed E-state index contributed by atoms with van der Waals surface area (Å²) in [7, 11) is -3.84. The molecule has 0 saturated carbocycles. The Morgan fingerprint density at radius 2 is 1.86 bits per heavy atom. The van der Waals surface area contributed by atoms with Crippen molar-refractivity contribution in [1.29, 1.82) is 0 Å². The van der Waals surface area contributed by atoms with Crippen molar-refractivity contribution < 1.29 is 17.9 Å². The lowest BCUT2D eigenvalue weighted by atomic mass is 9.98. The Kier molecular flexibility index (Phi) is 4.86. The third-order valence-corrected chi connectivity index (χ3v) is 7.33. The second-order valence-electron chi connectivity index (χ2n) is 5.63. The van der Waals surface area contributed by atoms with Crippen LogP contribution in [-0.2, 0) is 10.0 Å². The van der Waals surface area contributed by atoms with E-state index < -0.39 is 27.5 Å². The minimum Gasteiger partial charge on any atom is -0.389 e. The normalized spacial score (nSPS) is 21.0. The monoisotopic (exact) mass is 443 g/mol. The van der Waals surface area contributed by atoms with Crippen molar-refractivity contribution in [3.8, 4) is 0 Å². The summed E-state index contributed by atoms with van der Waals surface area (Å²) < 4.78 is 40.7. The standard InChI is InChI=1S/C13H16Br2FNO3S/c1-13(2,18)11-4-3-5-17(11)21(19,20)12-9(14)6-8(16)7-10(12)15/h6-7,11,18H,3-5H2,1-2H3/t11-/m0/s1. The van der Waals surface area contributed by atoms with Crippen molar-refractivity contribution in [3.05, 3.63) is 26.9 Å². The number of rotatable bonds is 3. The molecule has 1 fully saturated rings. The summed E-state index contributed by atoms with van der Waals surface area (Å²) in [6.45, 7) is 3.54. The summed E-state index contributed by atoms with van der Waals surface area (Å²) in [5.41, 5.74) is -1.14. The molecule has 0 aromatic heterocycles. The Morgan fingerprint density at radius 3 is 2.33 bits per heavy atom. The minimum absolute atomic E-state index is 0.0138. The van der Waals surface area contributed by atoms with E-state index in [9.17, 15) is 17.9 Å². The minimum atomic E-state index is -3.84. The van der Waals surface area contributed by atoms with Crippen molar-refractivity contribution in [2.24, 2.45) is 0 Å². The highest BCUT2D eigenvalue weighted by molar-refractivity contribution is 9.11. The van der Waals surface area contributed by atoms with E-state index in [1.54, 1.807) is 13.8 Å². The summed E-state index contributed by atoms with van der Waals surface area (Å²) in [6.07, 6.45) is 1.28. The Hall–Kier alpha value is -0.0200. The highest BCUT2D eigenvalue weighted by Gasteiger charge is 2.43. The molecule has 1 aromatic carbocycles. The molecule has 118 valence electrons. The molecule has 8 heteroatoms. The lowest BCUT2D eigenvalue weighted by Gasteiger charge is -2.33. The molecular weight excluding hydrogens is 429 g/mol. The maximum Gasteiger partial charge on any atom is 0.245 e. The third kappa shape index (κ3) is 3.34. The molecule has 1 aliphatic rings. The van der Waals surface area contributed by atoms with E-state index >= 15 is 0 Å². The fourth-order valence-electron chi connectivity index (χ4n) is 2.63. The first-order valence-corrected chi connectivity index (χ1v) is 9.46. The number of nitrogens with zero attached hydrogens (tertiary/aromatic N) is 1. The quantitative estimate of drug-likeness (QED) is 0.778. The molecule has 0 bridgehead atoms. The number of hydrogen-bond donors (Lipinski definition) is 1. The van der Waals surface area contributed by atoms with Crippen LogP contribution in [0.1, 0.15) is 26.7 Å². The van der Waals surface area contributed by atoms with Crippen LogP contribution < -0.4 is 0 Å². The van der Waals surface area contributed by atoms with Gasteiger partial charge in [-0.25, -0.2) is 12.8 Å². The van der Waals surface area contributed by atoms with E-state index in [1.807, 2.05) is 0 Å². The lowest BCUT2D eigenvalue weighted by molar-refractivity contribution is 0.0214. The SMILES string of the molecule is CC(C)(O)[C@@H]1CCCN1S(=O)(=O)c1c(Br)cc(F)cc1Br.